The predicted molar refractivity (Wildman–Crippen MR) is 86.4 cm³/mol. The molecule has 0 spiro atoms. The van der Waals surface area contributed by atoms with E-state index in [4.69, 9.17) is 4.42 Å². The number of anilines is 1. The lowest BCUT2D eigenvalue weighted by molar-refractivity contribution is 0.0950. The first kappa shape index (κ1) is 15.2. The maximum Gasteiger partial charge on any atom is 0.270 e. The smallest absolute Gasteiger partial charge is 0.270 e. The van der Waals surface area contributed by atoms with Gasteiger partial charge < -0.3 is 15.1 Å². The summed E-state index contributed by atoms with van der Waals surface area (Å²) in [6, 6.07) is 3.57. The van der Waals surface area contributed by atoms with Gasteiger partial charge in [0.25, 0.3) is 5.91 Å². The first-order chi connectivity index (χ1) is 11.3. The van der Waals surface area contributed by atoms with Crippen molar-refractivity contribution in [2.24, 2.45) is 0 Å². The molecule has 9 heteroatoms. The second kappa shape index (κ2) is 7.05. The van der Waals surface area contributed by atoms with Crippen LogP contribution in [0.3, 0.4) is 0 Å². The van der Waals surface area contributed by atoms with Gasteiger partial charge in [-0.25, -0.2) is 9.97 Å². The molecule has 0 saturated carbocycles. The van der Waals surface area contributed by atoms with E-state index in [-0.39, 0.29) is 5.91 Å². The third kappa shape index (κ3) is 3.75. The number of furan rings is 1. The topological polar surface area (TPSA) is 109 Å². The maximum atomic E-state index is 12.0. The Hall–Kier alpha value is -2.68. The Morgan fingerprint density at radius 3 is 3.13 bits per heavy atom. The third-order valence-corrected chi connectivity index (χ3v) is 3.79. The number of carbonyl (C=O) groups is 1. The van der Waals surface area contributed by atoms with E-state index in [1.165, 1.54) is 11.3 Å². The Morgan fingerprint density at radius 1 is 1.43 bits per heavy atom. The molecule has 0 atom stereocenters. The fourth-order valence-corrected chi connectivity index (χ4v) is 2.68. The third-order valence-electron chi connectivity index (χ3n) is 2.99. The lowest BCUT2D eigenvalue weighted by atomic mass is 10.3. The molecule has 3 N–H and O–H groups in total. The Bertz CT molecular complexity index is 764. The Balaban J connectivity index is 1.50. The molecule has 0 aromatic carbocycles. The van der Waals surface area contributed by atoms with Crippen molar-refractivity contribution in [3.63, 3.8) is 0 Å². The molecule has 1 amide bonds. The van der Waals surface area contributed by atoms with E-state index in [2.05, 4.69) is 30.8 Å². The number of H-pyrrole nitrogens is 1. The van der Waals surface area contributed by atoms with Gasteiger partial charge in [-0.15, -0.1) is 11.3 Å². The van der Waals surface area contributed by atoms with Gasteiger partial charge in [0, 0.05) is 24.9 Å². The van der Waals surface area contributed by atoms with E-state index in [1.807, 2.05) is 6.92 Å². The van der Waals surface area contributed by atoms with E-state index in [0.29, 0.717) is 36.1 Å². The minimum absolute atomic E-state index is 0.198. The van der Waals surface area contributed by atoms with E-state index in [0.717, 1.165) is 11.7 Å². The van der Waals surface area contributed by atoms with Gasteiger partial charge >= 0.3 is 0 Å². The van der Waals surface area contributed by atoms with Crippen LogP contribution < -0.4 is 10.6 Å². The highest BCUT2D eigenvalue weighted by molar-refractivity contribution is 7.13. The molecular formula is C14H16N6O2S. The average Bonchev–Trinajstić information content (AvgIpc) is 3.28. The monoisotopic (exact) mass is 332 g/mol. The number of nitrogens with one attached hydrogen (secondary N) is 3. The number of thiazole rings is 1. The summed E-state index contributed by atoms with van der Waals surface area (Å²) in [6.45, 7) is 3.20. The van der Waals surface area contributed by atoms with Crippen LogP contribution in [0.1, 0.15) is 23.2 Å². The van der Waals surface area contributed by atoms with Crippen molar-refractivity contribution in [2.75, 3.05) is 18.4 Å². The van der Waals surface area contributed by atoms with Crippen LogP contribution in [0.4, 0.5) is 5.13 Å². The molecule has 3 rings (SSSR count). The molecule has 0 aliphatic heterocycles. The van der Waals surface area contributed by atoms with Crippen molar-refractivity contribution >= 4 is 22.4 Å². The number of hydrogen-bond acceptors (Lipinski definition) is 7. The molecule has 3 aromatic heterocycles. The number of hydrogen-bond donors (Lipinski definition) is 3. The summed E-state index contributed by atoms with van der Waals surface area (Å²) in [4.78, 5) is 20.5. The summed E-state index contributed by atoms with van der Waals surface area (Å²) >= 11 is 1.41. The van der Waals surface area contributed by atoms with Gasteiger partial charge in [-0.1, -0.05) is 0 Å². The summed E-state index contributed by atoms with van der Waals surface area (Å²) in [6.07, 6.45) is 2.12. The second-order valence-corrected chi connectivity index (χ2v) is 5.52. The SMILES string of the molecule is CCNc1nc(C(=O)NCCc2nc(-c3ccco3)n[nH]2)cs1. The maximum absolute atomic E-state index is 12.0. The number of carbonyl (C=O) groups excluding carboxylic acids is 1. The number of aromatic nitrogens is 4. The summed E-state index contributed by atoms with van der Waals surface area (Å²) in [5.74, 6) is 1.60. The van der Waals surface area contributed by atoms with Crippen LogP contribution in [-0.2, 0) is 6.42 Å². The number of rotatable bonds is 7. The standard InChI is InChI=1S/C14H16N6O2S/c1-2-15-14-17-9(8-23-14)13(21)16-6-5-11-18-12(20-19-11)10-4-3-7-22-10/h3-4,7-8H,2,5-6H2,1H3,(H,15,17)(H,16,21)(H,18,19,20). The molecule has 0 aliphatic rings. The van der Waals surface area contributed by atoms with E-state index < -0.39 is 0 Å². The zero-order valence-electron chi connectivity index (χ0n) is 12.5. The van der Waals surface area contributed by atoms with Gasteiger partial charge in [-0.2, -0.15) is 5.10 Å². The normalized spacial score (nSPS) is 10.7. The van der Waals surface area contributed by atoms with Crippen molar-refractivity contribution in [1.82, 2.24) is 25.5 Å². The van der Waals surface area contributed by atoms with Crippen LogP contribution in [0.15, 0.2) is 28.2 Å². The minimum atomic E-state index is -0.198. The van der Waals surface area contributed by atoms with E-state index >= 15 is 0 Å². The van der Waals surface area contributed by atoms with Gasteiger partial charge in [0.05, 0.1) is 6.26 Å². The van der Waals surface area contributed by atoms with Gasteiger partial charge in [0.1, 0.15) is 11.5 Å². The first-order valence-corrected chi connectivity index (χ1v) is 8.07. The van der Waals surface area contributed by atoms with Crippen LogP contribution in [-0.4, -0.2) is 39.2 Å². The van der Waals surface area contributed by atoms with Gasteiger partial charge in [-0.05, 0) is 19.1 Å². The molecule has 0 radical (unpaired) electrons. The Morgan fingerprint density at radius 2 is 2.35 bits per heavy atom. The highest BCUT2D eigenvalue weighted by Crippen LogP contribution is 2.15. The molecule has 3 heterocycles. The van der Waals surface area contributed by atoms with Crippen LogP contribution in [0.25, 0.3) is 11.6 Å². The summed E-state index contributed by atoms with van der Waals surface area (Å²) in [5, 5.41) is 15.3. The molecule has 0 aliphatic carbocycles. The molecule has 8 nitrogen and oxygen atoms in total. The van der Waals surface area contributed by atoms with Crippen molar-refractivity contribution in [2.45, 2.75) is 13.3 Å². The van der Waals surface area contributed by atoms with Crippen molar-refractivity contribution < 1.29 is 9.21 Å². The highest BCUT2D eigenvalue weighted by atomic mass is 32.1. The molecular weight excluding hydrogens is 316 g/mol. The van der Waals surface area contributed by atoms with Crippen LogP contribution in [0.5, 0.6) is 0 Å². The Kier molecular flexibility index (Phi) is 4.67. The molecule has 0 saturated heterocycles. The van der Waals surface area contributed by atoms with Gasteiger partial charge in [0.2, 0.25) is 5.82 Å². The lowest BCUT2D eigenvalue weighted by Crippen LogP contribution is -2.26. The quantitative estimate of drug-likeness (QED) is 0.610. The number of aromatic amines is 1. The Labute approximate surface area is 136 Å². The number of amides is 1. The zero-order chi connectivity index (χ0) is 16.1. The summed E-state index contributed by atoms with van der Waals surface area (Å²) in [7, 11) is 0. The average molecular weight is 332 g/mol. The number of nitrogens with zero attached hydrogens (tertiary/aromatic N) is 3. The van der Waals surface area contributed by atoms with Gasteiger partial charge in [-0.3, -0.25) is 9.89 Å². The zero-order valence-corrected chi connectivity index (χ0v) is 13.3. The van der Waals surface area contributed by atoms with Gasteiger partial charge in [0.15, 0.2) is 10.9 Å². The van der Waals surface area contributed by atoms with Crippen LogP contribution in [0, 0.1) is 0 Å². The van der Waals surface area contributed by atoms with Crippen molar-refractivity contribution in [3.05, 3.63) is 35.3 Å². The molecule has 0 unspecified atom stereocenters. The van der Waals surface area contributed by atoms with Crippen LogP contribution in [0.2, 0.25) is 0 Å². The second-order valence-electron chi connectivity index (χ2n) is 4.66. The molecule has 120 valence electrons. The van der Waals surface area contributed by atoms with E-state index in [1.54, 1.807) is 23.8 Å². The molecule has 0 bridgehead atoms. The minimum Gasteiger partial charge on any atom is -0.461 e. The predicted octanol–water partition coefficient (Wildman–Crippen LogP) is 1.93. The largest absolute Gasteiger partial charge is 0.461 e. The molecule has 23 heavy (non-hydrogen) atoms. The van der Waals surface area contributed by atoms with E-state index in [9.17, 15) is 4.79 Å². The van der Waals surface area contributed by atoms with Crippen molar-refractivity contribution in [3.8, 4) is 11.6 Å². The lowest BCUT2D eigenvalue weighted by Gasteiger charge is -2.01. The fourth-order valence-electron chi connectivity index (χ4n) is 1.92. The highest BCUT2D eigenvalue weighted by Gasteiger charge is 2.11. The first-order valence-electron chi connectivity index (χ1n) is 7.19. The summed E-state index contributed by atoms with van der Waals surface area (Å²) < 4.78 is 5.23. The molecule has 0 fully saturated rings. The summed E-state index contributed by atoms with van der Waals surface area (Å²) in [5.41, 5.74) is 0.416. The molecule has 3 aromatic rings. The fraction of sp³-hybridized carbons (Fsp3) is 0.286. The van der Waals surface area contributed by atoms with Crippen LogP contribution >= 0.6 is 11.3 Å². The van der Waals surface area contributed by atoms with Crippen molar-refractivity contribution in [1.29, 1.82) is 0 Å².